The molecule has 0 N–H and O–H groups in total. The number of carbonyl (C=O) groups excluding carboxylic acids is 1. The van der Waals surface area contributed by atoms with Gasteiger partial charge >= 0.3 is 0 Å². The number of methoxy groups -OCH3 is 4. The first-order chi connectivity index (χ1) is 12.6. The fraction of sp³-hybridized carbons (Fsp3) is 0.350. The van der Waals surface area contributed by atoms with Gasteiger partial charge in [-0.15, -0.1) is 0 Å². The molecule has 0 saturated heterocycles. The third-order valence-electron chi connectivity index (χ3n) is 4.49. The topological polar surface area (TPSA) is 63.2 Å². The highest BCUT2D eigenvalue weighted by molar-refractivity contribution is 6.05. The molecule has 6 nitrogen and oxygen atoms in total. The number of rotatable bonds is 6. The van der Waals surface area contributed by atoms with Crippen LogP contribution in [0.1, 0.15) is 15.9 Å². The molecule has 0 fully saturated rings. The van der Waals surface area contributed by atoms with E-state index in [1.54, 1.807) is 13.2 Å². The lowest BCUT2D eigenvalue weighted by molar-refractivity contribution is 0.0824. The van der Waals surface area contributed by atoms with E-state index in [9.17, 15) is 4.79 Å². The predicted molar refractivity (Wildman–Crippen MR) is 96.1 cm³/mol. The lowest BCUT2D eigenvalue weighted by atomic mass is 9.89. The molecule has 0 radical (unpaired) electrons. The molecule has 0 aromatic heterocycles. The van der Waals surface area contributed by atoms with Gasteiger partial charge in [0, 0.05) is 6.07 Å². The first-order valence-electron chi connectivity index (χ1n) is 8.25. The summed E-state index contributed by atoms with van der Waals surface area (Å²) >= 11 is 0. The first kappa shape index (κ1) is 17.9. The van der Waals surface area contributed by atoms with Crippen molar-refractivity contribution in [2.45, 2.75) is 6.42 Å². The van der Waals surface area contributed by atoms with Crippen LogP contribution in [-0.4, -0.2) is 40.8 Å². The molecule has 0 amide bonds. The molecule has 0 bridgehead atoms. The molecule has 0 spiro atoms. The van der Waals surface area contributed by atoms with E-state index >= 15 is 0 Å². The van der Waals surface area contributed by atoms with Gasteiger partial charge in [-0.3, -0.25) is 4.79 Å². The van der Waals surface area contributed by atoms with Gasteiger partial charge in [0.25, 0.3) is 0 Å². The maximum Gasteiger partial charge on any atom is 0.204 e. The standard InChI is InChI=1S/C20H22O6/c1-22-14-7-5-12(6-8-14)9-13-11-26-15-10-16(23-2)19(24-3)20(25-4)17(15)18(13)21/h5-8,10,13H,9,11H2,1-4H3/t13-/m1/s1. The van der Waals surface area contributed by atoms with Crippen LogP contribution >= 0.6 is 0 Å². The second kappa shape index (κ2) is 7.56. The van der Waals surface area contributed by atoms with Gasteiger partial charge in [0.05, 0.1) is 41.0 Å². The van der Waals surface area contributed by atoms with Gasteiger partial charge in [-0.25, -0.2) is 0 Å². The number of fused-ring (bicyclic) bond motifs is 1. The minimum atomic E-state index is -0.303. The molecule has 2 aromatic rings. The molecular formula is C20H22O6. The predicted octanol–water partition coefficient (Wildman–Crippen LogP) is 3.16. The van der Waals surface area contributed by atoms with Crippen LogP contribution in [0.3, 0.4) is 0 Å². The molecule has 2 aromatic carbocycles. The molecule has 1 aliphatic rings. The molecule has 6 heteroatoms. The van der Waals surface area contributed by atoms with Crippen molar-refractivity contribution >= 4 is 5.78 Å². The molecule has 0 saturated carbocycles. The summed E-state index contributed by atoms with van der Waals surface area (Å²) in [5, 5.41) is 0. The van der Waals surface area contributed by atoms with Crippen molar-refractivity contribution in [3.05, 3.63) is 41.5 Å². The smallest absolute Gasteiger partial charge is 0.204 e. The summed E-state index contributed by atoms with van der Waals surface area (Å²) in [7, 11) is 6.16. The molecule has 0 unspecified atom stereocenters. The van der Waals surface area contributed by atoms with Crippen LogP contribution in [0.4, 0.5) is 0 Å². The minimum Gasteiger partial charge on any atom is -0.497 e. The van der Waals surface area contributed by atoms with Gasteiger partial charge in [-0.1, -0.05) is 12.1 Å². The number of ketones is 1. The Hall–Kier alpha value is -2.89. The van der Waals surface area contributed by atoms with Crippen LogP contribution in [0.25, 0.3) is 0 Å². The van der Waals surface area contributed by atoms with Gasteiger partial charge in [0.15, 0.2) is 17.3 Å². The van der Waals surface area contributed by atoms with Crippen molar-refractivity contribution in [2.24, 2.45) is 5.92 Å². The van der Waals surface area contributed by atoms with E-state index in [4.69, 9.17) is 23.7 Å². The fourth-order valence-electron chi connectivity index (χ4n) is 3.15. The second-order valence-corrected chi connectivity index (χ2v) is 5.94. The summed E-state index contributed by atoms with van der Waals surface area (Å²) in [4.78, 5) is 13.1. The van der Waals surface area contributed by atoms with Crippen molar-refractivity contribution in [1.29, 1.82) is 0 Å². The van der Waals surface area contributed by atoms with Gasteiger partial charge in [0.1, 0.15) is 17.1 Å². The highest BCUT2D eigenvalue weighted by Gasteiger charge is 2.35. The highest BCUT2D eigenvalue weighted by atomic mass is 16.5. The van der Waals surface area contributed by atoms with Gasteiger partial charge < -0.3 is 23.7 Å². The highest BCUT2D eigenvalue weighted by Crippen LogP contribution is 2.47. The van der Waals surface area contributed by atoms with E-state index in [0.29, 0.717) is 41.6 Å². The summed E-state index contributed by atoms with van der Waals surface area (Å²) in [6.07, 6.45) is 0.569. The lowest BCUT2D eigenvalue weighted by Crippen LogP contribution is -2.30. The van der Waals surface area contributed by atoms with Crippen LogP contribution in [0.15, 0.2) is 30.3 Å². The van der Waals surface area contributed by atoms with E-state index in [1.807, 2.05) is 24.3 Å². The Morgan fingerprint density at radius 2 is 1.65 bits per heavy atom. The average molecular weight is 358 g/mol. The van der Waals surface area contributed by atoms with Crippen LogP contribution in [0.5, 0.6) is 28.7 Å². The number of benzene rings is 2. The van der Waals surface area contributed by atoms with Crippen molar-refractivity contribution in [3.63, 3.8) is 0 Å². The van der Waals surface area contributed by atoms with Crippen molar-refractivity contribution in [3.8, 4) is 28.7 Å². The Morgan fingerprint density at radius 1 is 0.962 bits per heavy atom. The second-order valence-electron chi connectivity index (χ2n) is 5.94. The minimum absolute atomic E-state index is 0.0279. The summed E-state index contributed by atoms with van der Waals surface area (Å²) < 4.78 is 27.2. The Morgan fingerprint density at radius 3 is 2.23 bits per heavy atom. The van der Waals surface area contributed by atoms with Crippen molar-refractivity contribution in [1.82, 2.24) is 0 Å². The van der Waals surface area contributed by atoms with Crippen LogP contribution < -0.4 is 23.7 Å². The van der Waals surface area contributed by atoms with Crippen molar-refractivity contribution < 1.29 is 28.5 Å². The van der Waals surface area contributed by atoms with E-state index in [-0.39, 0.29) is 11.7 Å². The maximum atomic E-state index is 13.1. The zero-order chi connectivity index (χ0) is 18.7. The lowest BCUT2D eigenvalue weighted by Gasteiger charge is -2.27. The zero-order valence-corrected chi connectivity index (χ0v) is 15.3. The molecule has 1 aliphatic heterocycles. The van der Waals surface area contributed by atoms with E-state index < -0.39 is 0 Å². The number of hydrogen-bond acceptors (Lipinski definition) is 6. The maximum absolute atomic E-state index is 13.1. The summed E-state index contributed by atoms with van der Waals surface area (Å²) in [5.41, 5.74) is 1.44. The first-order valence-corrected chi connectivity index (χ1v) is 8.25. The van der Waals surface area contributed by atoms with E-state index in [0.717, 1.165) is 11.3 Å². The van der Waals surface area contributed by atoms with Crippen LogP contribution in [0, 0.1) is 5.92 Å². The van der Waals surface area contributed by atoms with E-state index in [2.05, 4.69) is 0 Å². The SMILES string of the molecule is COc1ccc(C[C@@H]2COc3cc(OC)c(OC)c(OC)c3C2=O)cc1. The zero-order valence-electron chi connectivity index (χ0n) is 15.3. The molecule has 138 valence electrons. The third-order valence-corrected chi connectivity index (χ3v) is 4.49. The van der Waals surface area contributed by atoms with E-state index in [1.165, 1.54) is 21.3 Å². The molecule has 26 heavy (non-hydrogen) atoms. The Labute approximate surface area is 152 Å². The third kappa shape index (κ3) is 3.14. The average Bonchev–Trinajstić information content (AvgIpc) is 2.69. The molecular weight excluding hydrogens is 336 g/mol. The fourth-order valence-corrected chi connectivity index (χ4v) is 3.15. The van der Waals surface area contributed by atoms with Crippen LogP contribution in [-0.2, 0) is 6.42 Å². The quantitative estimate of drug-likeness (QED) is 0.790. The number of carbonyl (C=O) groups is 1. The van der Waals surface area contributed by atoms with Gasteiger partial charge in [0.2, 0.25) is 5.75 Å². The Bertz CT molecular complexity index is 797. The number of hydrogen-bond donors (Lipinski definition) is 0. The summed E-state index contributed by atoms with van der Waals surface area (Å²) in [6, 6.07) is 9.33. The normalized spacial score (nSPS) is 15.7. The van der Waals surface area contributed by atoms with Gasteiger partial charge in [-0.05, 0) is 24.1 Å². The largest absolute Gasteiger partial charge is 0.497 e. The van der Waals surface area contributed by atoms with Gasteiger partial charge in [-0.2, -0.15) is 0 Å². The molecule has 1 atom stereocenters. The molecule has 3 rings (SSSR count). The summed E-state index contributed by atoms with van der Waals surface area (Å²) in [6.45, 7) is 0.302. The monoisotopic (exact) mass is 358 g/mol. The molecule has 1 heterocycles. The Balaban J connectivity index is 1.93. The molecule has 0 aliphatic carbocycles. The summed E-state index contributed by atoms with van der Waals surface area (Å²) in [5.74, 6) is 2.09. The van der Waals surface area contributed by atoms with Crippen LogP contribution in [0.2, 0.25) is 0 Å². The number of ether oxygens (including phenoxy) is 5. The Kier molecular flexibility index (Phi) is 5.21. The number of Topliss-reactive ketones (excluding diaryl/α,β-unsaturated/α-hetero) is 1. The van der Waals surface area contributed by atoms with Crippen molar-refractivity contribution in [2.75, 3.05) is 35.0 Å².